The maximum atomic E-state index is 5.73. The first-order valence-corrected chi connectivity index (χ1v) is 5.34. The van der Waals surface area contributed by atoms with Crippen molar-refractivity contribution in [1.29, 1.82) is 0 Å². The van der Waals surface area contributed by atoms with E-state index in [-0.39, 0.29) is 0 Å². The molecule has 2 N–H and O–H groups in total. The number of pyridine rings is 1. The van der Waals surface area contributed by atoms with E-state index in [9.17, 15) is 0 Å². The Kier molecular flexibility index (Phi) is 4.09. The molecule has 15 heavy (non-hydrogen) atoms. The molecule has 0 bridgehead atoms. The Morgan fingerprint density at radius 3 is 2.60 bits per heavy atom. The minimum absolute atomic E-state index is 0.479. The lowest BCUT2D eigenvalue weighted by atomic mass is 10.1. The van der Waals surface area contributed by atoms with E-state index >= 15 is 0 Å². The monoisotopic (exact) mass is 208 g/mol. The molecule has 0 spiro atoms. The average molecular weight is 208 g/mol. The standard InChI is InChI=1S/C12H20N2O/c1-8(2)7-15-12-5-9(3)14-10(4)11(12)6-13/h5,8H,6-7,13H2,1-4H3. The van der Waals surface area contributed by atoms with Crippen molar-refractivity contribution in [2.75, 3.05) is 6.61 Å². The van der Waals surface area contributed by atoms with Crippen molar-refractivity contribution >= 4 is 0 Å². The first kappa shape index (κ1) is 12.0. The van der Waals surface area contributed by atoms with Crippen LogP contribution in [0.2, 0.25) is 0 Å². The lowest BCUT2D eigenvalue weighted by molar-refractivity contribution is 0.268. The van der Waals surface area contributed by atoms with Gasteiger partial charge in [0.05, 0.1) is 6.61 Å². The van der Waals surface area contributed by atoms with Gasteiger partial charge in [0.2, 0.25) is 0 Å². The number of aryl methyl sites for hydroxylation is 2. The SMILES string of the molecule is Cc1cc(OCC(C)C)c(CN)c(C)n1. The number of hydrogen-bond donors (Lipinski definition) is 1. The van der Waals surface area contributed by atoms with Crippen molar-refractivity contribution in [1.82, 2.24) is 4.98 Å². The van der Waals surface area contributed by atoms with E-state index in [0.29, 0.717) is 12.5 Å². The fourth-order valence-corrected chi connectivity index (χ4v) is 1.45. The van der Waals surface area contributed by atoms with Gasteiger partial charge in [-0.2, -0.15) is 0 Å². The third-order valence-corrected chi connectivity index (χ3v) is 2.19. The molecule has 0 atom stereocenters. The van der Waals surface area contributed by atoms with Crippen molar-refractivity contribution in [3.63, 3.8) is 0 Å². The molecule has 3 nitrogen and oxygen atoms in total. The van der Waals surface area contributed by atoms with Crippen LogP contribution in [0.4, 0.5) is 0 Å². The molecule has 0 aliphatic carbocycles. The van der Waals surface area contributed by atoms with Gasteiger partial charge in [-0.1, -0.05) is 13.8 Å². The van der Waals surface area contributed by atoms with E-state index in [2.05, 4.69) is 18.8 Å². The van der Waals surface area contributed by atoms with Gasteiger partial charge in [0.15, 0.2) is 0 Å². The van der Waals surface area contributed by atoms with Crippen LogP contribution in [0.25, 0.3) is 0 Å². The summed E-state index contributed by atoms with van der Waals surface area (Å²) in [4.78, 5) is 4.37. The predicted molar refractivity (Wildman–Crippen MR) is 61.9 cm³/mol. The van der Waals surface area contributed by atoms with Crippen LogP contribution in [-0.2, 0) is 6.54 Å². The van der Waals surface area contributed by atoms with Gasteiger partial charge in [0, 0.05) is 29.6 Å². The molecule has 0 aliphatic rings. The maximum absolute atomic E-state index is 5.73. The van der Waals surface area contributed by atoms with Crippen LogP contribution in [0.15, 0.2) is 6.07 Å². The molecule has 1 rings (SSSR count). The second-order valence-electron chi connectivity index (χ2n) is 4.23. The largest absolute Gasteiger partial charge is 0.493 e. The summed E-state index contributed by atoms with van der Waals surface area (Å²) in [6.45, 7) is 9.39. The lowest BCUT2D eigenvalue weighted by Crippen LogP contribution is -2.10. The Labute approximate surface area is 91.7 Å². The van der Waals surface area contributed by atoms with Gasteiger partial charge < -0.3 is 10.5 Å². The molecular formula is C12H20N2O. The highest BCUT2D eigenvalue weighted by molar-refractivity contribution is 5.37. The van der Waals surface area contributed by atoms with Crippen LogP contribution in [0.3, 0.4) is 0 Å². The highest BCUT2D eigenvalue weighted by atomic mass is 16.5. The topological polar surface area (TPSA) is 48.1 Å². The highest BCUT2D eigenvalue weighted by Gasteiger charge is 2.08. The number of nitrogens with zero attached hydrogens (tertiary/aromatic N) is 1. The van der Waals surface area contributed by atoms with Crippen LogP contribution >= 0.6 is 0 Å². The first-order chi connectivity index (χ1) is 7.04. The number of nitrogens with two attached hydrogens (primary N) is 1. The number of aromatic nitrogens is 1. The third-order valence-electron chi connectivity index (χ3n) is 2.19. The molecule has 0 aromatic carbocycles. The second-order valence-corrected chi connectivity index (χ2v) is 4.23. The normalized spacial score (nSPS) is 10.8. The molecule has 1 heterocycles. The number of hydrogen-bond acceptors (Lipinski definition) is 3. The second kappa shape index (κ2) is 5.12. The van der Waals surface area contributed by atoms with Crippen molar-refractivity contribution in [2.24, 2.45) is 11.7 Å². The van der Waals surface area contributed by atoms with Crippen LogP contribution < -0.4 is 10.5 Å². The molecule has 0 aliphatic heterocycles. The van der Waals surface area contributed by atoms with Gasteiger partial charge in [-0.3, -0.25) is 4.98 Å². The zero-order valence-corrected chi connectivity index (χ0v) is 10.0. The van der Waals surface area contributed by atoms with E-state index < -0.39 is 0 Å². The Morgan fingerprint density at radius 2 is 2.07 bits per heavy atom. The minimum Gasteiger partial charge on any atom is -0.493 e. The van der Waals surface area contributed by atoms with Crippen LogP contribution in [-0.4, -0.2) is 11.6 Å². The third kappa shape index (κ3) is 3.20. The molecule has 0 unspecified atom stereocenters. The Morgan fingerprint density at radius 1 is 1.40 bits per heavy atom. The van der Waals surface area contributed by atoms with E-state index in [1.165, 1.54) is 0 Å². The van der Waals surface area contributed by atoms with Gasteiger partial charge in [0.25, 0.3) is 0 Å². The van der Waals surface area contributed by atoms with Gasteiger partial charge in [-0.15, -0.1) is 0 Å². The molecule has 84 valence electrons. The summed E-state index contributed by atoms with van der Waals surface area (Å²) in [5.41, 5.74) is 8.65. The van der Waals surface area contributed by atoms with Gasteiger partial charge >= 0.3 is 0 Å². The van der Waals surface area contributed by atoms with Crippen molar-refractivity contribution in [3.05, 3.63) is 23.0 Å². The minimum atomic E-state index is 0.479. The summed E-state index contributed by atoms with van der Waals surface area (Å²) >= 11 is 0. The smallest absolute Gasteiger partial charge is 0.127 e. The summed E-state index contributed by atoms with van der Waals surface area (Å²) in [6, 6.07) is 1.96. The Hall–Kier alpha value is -1.09. The molecule has 1 aromatic rings. The molecule has 0 saturated heterocycles. The van der Waals surface area contributed by atoms with E-state index in [4.69, 9.17) is 10.5 Å². The summed E-state index contributed by atoms with van der Waals surface area (Å²) in [6.07, 6.45) is 0. The van der Waals surface area contributed by atoms with Crippen LogP contribution in [0, 0.1) is 19.8 Å². The van der Waals surface area contributed by atoms with Crippen molar-refractivity contribution in [2.45, 2.75) is 34.2 Å². The van der Waals surface area contributed by atoms with Crippen molar-refractivity contribution in [3.8, 4) is 5.75 Å². The summed E-state index contributed by atoms with van der Waals surface area (Å²) in [5, 5.41) is 0. The fraction of sp³-hybridized carbons (Fsp3) is 0.583. The summed E-state index contributed by atoms with van der Waals surface area (Å²) in [5.74, 6) is 1.40. The van der Waals surface area contributed by atoms with Gasteiger partial charge in [0.1, 0.15) is 5.75 Å². The van der Waals surface area contributed by atoms with E-state index in [1.54, 1.807) is 0 Å². The molecule has 3 heteroatoms. The van der Waals surface area contributed by atoms with Gasteiger partial charge in [-0.05, 0) is 19.8 Å². The molecule has 0 amide bonds. The highest BCUT2D eigenvalue weighted by Crippen LogP contribution is 2.22. The number of rotatable bonds is 4. The zero-order valence-electron chi connectivity index (χ0n) is 10.0. The van der Waals surface area contributed by atoms with Crippen LogP contribution in [0.1, 0.15) is 30.8 Å². The van der Waals surface area contributed by atoms with E-state index in [0.717, 1.165) is 29.3 Å². The molecular weight excluding hydrogens is 188 g/mol. The Bertz CT molecular complexity index is 335. The van der Waals surface area contributed by atoms with Crippen molar-refractivity contribution < 1.29 is 4.74 Å². The average Bonchev–Trinajstić information content (AvgIpc) is 2.13. The van der Waals surface area contributed by atoms with Crippen LogP contribution in [0.5, 0.6) is 5.75 Å². The lowest BCUT2D eigenvalue weighted by Gasteiger charge is -2.14. The van der Waals surface area contributed by atoms with Gasteiger partial charge in [-0.25, -0.2) is 0 Å². The summed E-state index contributed by atoms with van der Waals surface area (Å²) in [7, 11) is 0. The molecule has 0 saturated carbocycles. The molecule has 0 radical (unpaired) electrons. The first-order valence-electron chi connectivity index (χ1n) is 5.34. The molecule has 1 aromatic heterocycles. The predicted octanol–water partition coefficient (Wildman–Crippen LogP) is 2.19. The number of ether oxygens (including phenoxy) is 1. The quantitative estimate of drug-likeness (QED) is 0.825. The Balaban J connectivity index is 2.93. The zero-order chi connectivity index (χ0) is 11.4. The molecule has 0 fully saturated rings. The van der Waals surface area contributed by atoms with E-state index in [1.807, 2.05) is 19.9 Å². The summed E-state index contributed by atoms with van der Waals surface area (Å²) < 4.78 is 5.73. The maximum Gasteiger partial charge on any atom is 0.127 e. The fourth-order valence-electron chi connectivity index (χ4n) is 1.45.